The molecule has 158 valence electrons. The number of nitrogens with zero attached hydrogens (tertiary/aromatic N) is 5. The smallest absolute Gasteiger partial charge is 0.299 e. The number of likely N-dealkylation sites (N-methyl/N-ethyl adjacent to an activating group) is 1. The molecule has 0 radical (unpaired) electrons. The van der Waals surface area contributed by atoms with E-state index in [2.05, 4.69) is 22.0 Å². The van der Waals surface area contributed by atoms with Gasteiger partial charge in [-0.15, -0.1) is 0 Å². The van der Waals surface area contributed by atoms with Crippen LogP contribution in [-0.4, -0.2) is 74.9 Å². The van der Waals surface area contributed by atoms with Crippen LogP contribution < -0.4 is 0 Å². The molecule has 31 heavy (non-hydrogen) atoms. The average molecular weight is 417 g/mol. The summed E-state index contributed by atoms with van der Waals surface area (Å²) >= 11 is 0. The molecule has 1 aromatic heterocycles. The summed E-state index contributed by atoms with van der Waals surface area (Å²) in [6.07, 6.45) is 6.93. The highest BCUT2D eigenvalue weighted by Gasteiger charge is 2.49. The lowest BCUT2D eigenvalue weighted by Crippen LogP contribution is -2.61. The minimum atomic E-state index is -0.476. The number of allylic oxidation sites excluding steroid dienone is 1. The van der Waals surface area contributed by atoms with E-state index >= 15 is 0 Å². The highest BCUT2D eigenvalue weighted by atomic mass is 16.2. The molecule has 7 heteroatoms. The molecule has 0 bridgehead atoms. The van der Waals surface area contributed by atoms with Crippen LogP contribution in [0.2, 0.25) is 0 Å². The molecule has 5 rings (SSSR count). The third kappa shape index (κ3) is 3.49. The molecule has 0 spiro atoms. The van der Waals surface area contributed by atoms with Crippen molar-refractivity contribution in [3.05, 3.63) is 54.2 Å². The number of carbonyl (C=O) groups excluding carboxylic acids is 2. The Morgan fingerprint density at radius 1 is 1.10 bits per heavy atom. The van der Waals surface area contributed by atoms with Gasteiger partial charge in [-0.25, -0.2) is 4.79 Å². The molecule has 1 unspecified atom stereocenters. The van der Waals surface area contributed by atoms with Gasteiger partial charge in [0.05, 0.1) is 5.52 Å². The Bertz CT molecular complexity index is 1150. The molecule has 0 aliphatic carbocycles. The van der Waals surface area contributed by atoms with Crippen molar-refractivity contribution in [3.8, 4) is 0 Å². The number of hydrogen-bond donors (Lipinski definition) is 0. The van der Waals surface area contributed by atoms with Gasteiger partial charge in [0.15, 0.2) is 0 Å². The molecule has 1 saturated heterocycles. The molecule has 7 nitrogen and oxygen atoms in total. The van der Waals surface area contributed by atoms with Crippen LogP contribution in [0.15, 0.2) is 53.7 Å². The summed E-state index contributed by atoms with van der Waals surface area (Å²) in [7, 11) is 1.65. The third-order valence-electron chi connectivity index (χ3n) is 6.54. The fraction of sp³-hybridized carbons (Fsp3) is 0.375. The van der Waals surface area contributed by atoms with Crippen molar-refractivity contribution in [1.29, 1.82) is 0 Å². The van der Waals surface area contributed by atoms with Gasteiger partial charge in [-0.05, 0) is 43.5 Å². The lowest BCUT2D eigenvalue weighted by molar-refractivity contribution is -0.419. The van der Waals surface area contributed by atoms with Crippen molar-refractivity contribution in [3.63, 3.8) is 0 Å². The Hall–Kier alpha value is -3.19. The lowest BCUT2D eigenvalue weighted by Gasteiger charge is -2.41. The number of fused-ring (bicyclic) bond motifs is 2. The second-order valence-electron chi connectivity index (χ2n) is 8.47. The maximum atomic E-state index is 12.9. The first-order chi connectivity index (χ1) is 15.0. The number of rotatable bonds is 3. The van der Waals surface area contributed by atoms with Gasteiger partial charge in [-0.2, -0.15) is 4.58 Å². The van der Waals surface area contributed by atoms with E-state index in [4.69, 9.17) is 4.99 Å². The predicted octanol–water partition coefficient (Wildman–Crippen LogP) is 2.01. The summed E-state index contributed by atoms with van der Waals surface area (Å²) in [4.78, 5) is 38.8. The molecule has 2 amide bonds. The van der Waals surface area contributed by atoms with Crippen LogP contribution in [0.1, 0.15) is 25.3 Å². The summed E-state index contributed by atoms with van der Waals surface area (Å²) in [5, 5.41) is 1.19. The van der Waals surface area contributed by atoms with Crippen molar-refractivity contribution in [1.82, 2.24) is 14.8 Å². The Labute approximate surface area is 181 Å². The van der Waals surface area contributed by atoms with Gasteiger partial charge in [-0.3, -0.25) is 24.6 Å². The molecular weight excluding hydrogens is 390 g/mol. The SMILES string of the molecule is CC1=NC2C(=[N+](C)C(=O)C(=O)N2C2CCN(Cc3ccnc4ccccc34)CC2)C=C1. The molecule has 4 heterocycles. The third-order valence-corrected chi connectivity index (χ3v) is 6.54. The molecule has 2 aromatic rings. The number of benzene rings is 1. The van der Waals surface area contributed by atoms with E-state index in [1.165, 1.54) is 15.5 Å². The molecule has 0 N–H and O–H groups in total. The van der Waals surface area contributed by atoms with Crippen molar-refractivity contribution < 1.29 is 14.2 Å². The molecule has 3 aliphatic rings. The molecule has 1 atom stereocenters. The number of dihydropyridines is 1. The van der Waals surface area contributed by atoms with Crippen LogP contribution in [0.4, 0.5) is 0 Å². The van der Waals surface area contributed by atoms with E-state index in [-0.39, 0.29) is 6.04 Å². The Morgan fingerprint density at radius 2 is 1.87 bits per heavy atom. The summed E-state index contributed by atoms with van der Waals surface area (Å²) < 4.78 is 1.44. The van der Waals surface area contributed by atoms with Crippen molar-refractivity contribution >= 4 is 34.1 Å². The molecule has 0 saturated carbocycles. The summed E-state index contributed by atoms with van der Waals surface area (Å²) in [5.41, 5.74) is 3.93. The molecule has 1 aromatic carbocycles. The minimum Gasteiger partial charge on any atom is -0.299 e. The first-order valence-electron chi connectivity index (χ1n) is 10.8. The summed E-state index contributed by atoms with van der Waals surface area (Å²) in [6.45, 7) is 4.52. The first kappa shape index (κ1) is 19.8. The zero-order valence-corrected chi connectivity index (χ0v) is 17.9. The van der Waals surface area contributed by atoms with Crippen molar-refractivity contribution in [2.45, 2.75) is 38.5 Å². The Balaban J connectivity index is 1.33. The van der Waals surface area contributed by atoms with Gasteiger partial charge in [-0.1, -0.05) is 18.2 Å². The van der Waals surface area contributed by atoms with Crippen LogP contribution in [0.3, 0.4) is 0 Å². The molecule has 1 fully saturated rings. The van der Waals surface area contributed by atoms with Gasteiger partial charge < -0.3 is 0 Å². The zero-order chi connectivity index (χ0) is 21.5. The maximum Gasteiger partial charge on any atom is 0.477 e. The van der Waals surface area contributed by atoms with E-state index in [1.54, 1.807) is 11.9 Å². The zero-order valence-electron chi connectivity index (χ0n) is 17.9. The molecular formula is C24H26N5O2+. The van der Waals surface area contributed by atoms with Gasteiger partial charge in [0.25, 0.3) is 0 Å². The standard InChI is InChI=1S/C24H26N5O2/c1-16-7-8-21-22(26-16)29(24(31)23(30)27(21)2)18-10-13-28(14-11-18)15-17-9-12-25-20-6-4-3-5-19(17)20/h3-9,12,18,22H,10-11,13-15H2,1-2H3/q+1. The number of carbonyl (C=O) groups is 2. The number of likely N-dealkylation sites (tertiary alicyclic amines) is 1. The van der Waals surface area contributed by atoms with Crippen LogP contribution in [0.25, 0.3) is 10.9 Å². The van der Waals surface area contributed by atoms with Crippen LogP contribution in [-0.2, 0) is 16.1 Å². The highest BCUT2D eigenvalue weighted by Crippen LogP contribution is 2.26. The Morgan fingerprint density at radius 3 is 2.68 bits per heavy atom. The van der Waals surface area contributed by atoms with E-state index in [0.29, 0.717) is 0 Å². The fourth-order valence-electron chi connectivity index (χ4n) is 4.82. The van der Waals surface area contributed by atoms with Crippen LogP contribution in [0.5, 0.6) is 0 Å². The monoisotopic (exact) mass is 416 g/mol. The van der Waals surface area contributed by atoms with E-state index in [0.717, 1.165) is 49.4 Å². The number of aromatic nitrogens is 1. The second kappa shape index (κ2) is 7.81. The topological polar surface area (TPSA) is 68.9 Å². The van der Waals surface area contributed by atoms with Gasteiger partial charge >= 0.3 is 11.8 Å². The number of piperidine rings is 1. The maximum absolute atomic E-state index is 12.9. The normalized spacial score (nSPS) is 22.8. The summed E-state index contributed by atoms with van der Waals surface area (Å²) in [6, 6.07) is 10.3. The predicted molar refractivity (Wildman–Crippen MR) is 119 cm³/mol. The number of hydrogen-bond acceptors (Lipinski definition) is 5. The van der Waals surface area contributed by atoms with Gasteiger partial charge in [0, 0.05) is 49.0 Å². The quantitative estimate of drug-likeness (QED) is 0.567. The fourth-order valence-corrected chi connectivity index (χ4v) is 4.82. The number of amides is 2. The summed E-state index contributed by atoms with van der Waals surface area (Å²) in [5.74, 6) is -0.919. The van der Waals surface area contributed by atoms with E-state index < -0.39 is 18.0 Å². The Kier molecular flexibility index (Phi) is 4.98. The van der Waals surface area contributed by atoms with Crippen molar-refractivity contribution in [2.75, 3.05) is 20.1 Å². The van der Waals surface area contributed by atoms with E-state index in [1.807, 2.05) is 43.5 Å². The van der Waals surface area contributed by atoms with Gasteiger partial charge in [0.2, 0.25) is 11.9 Å². The van der Waals surface area contributed by atoms with Crippen LogP contribution >= 0.6 is 0 Å². The minimum absolute atomic E-state index is 0.0126. The highest BCUT2D eigenvalue weighted by molar-refractivity contribution is 6.35. The average Bonchev–Trinajstić information content (AvgIpc) is 2.79. The second-order valence-corrected chi connectivity index (χ2v) is 8.47. The number of pyridine rings is 1. The van der Waals surface area contributed by atoms with E-state index in [9.17, 15) is 9.59 Å². The first-order valence-corrected chi connectivity index (χ1v) is 10.8. The van der Waals surface area contributed by atoms with Crippen molar-refractivity contribution in [2.24, 2.45) is 4.99 Å². The lowest BCUT2D eigenvalue weighted by atomic mass is 9.98. The molecule has 3 aliphatic heterocycles. The number of para-hydroxylation sites is 1. The van der Waals surface area contributed by atoms with Gasteiger partial charge in [0.1, 0.15) is 7.05 Å². The van der Waals surface area contributed by atoms with Crippen LogP contribution in [0, 0.1) is 0 Å². The number of aliphatic imine (C=N–C) groups is 1. The largest absolute Gasteiger partial charge is 0.477 e.